The van der Waals surface area contributed by atoms with Gasteiger partial charge in [0.1, 0.15) is 0 Å². The molecule has 0 saturated heterocycles. The van der Waals surface area contributed by atoms with E-state index in [1.807, 2.05) is 13.8 Å². The van der Waals surface area contributed by atoms with Gasteiger partial charge in [0.05, 0.1) is 9.77 Å². The normalized spacial score (nSPS) is 9.93. The summed E-state index contributed by atoms with van der Waals surface area (Å²) in [6.07, 6.45) is 1.66. The van der Waals surface area contributed by atoms with Gasteiger partial charge in [-0.3, -0.25) is 4.79 Å². The maximum Gasteiger partial charge on any atom is 0.253 e. The second kappa shape index (κ2) is 4.66. The van der Waals surface area contributed by atoms with Crippen LogP contribution in [0.3, 0.4) is 0 Å². The molecule has 0 saturated carbocycles. The summed E-state index contributed by atoms with van der Waals surface area (Å²) in [5.74, 6) is -0.0725. The molecular weight excluding hydrogens is 214 g/mol. The third-order valence-electron chi connectivity index (χ3n) is 2.00. The zero-order chi connectivity index (χ0) is 10.7. The van der Waals surface area contributed by atoms with Crippen LogP contribution in [0, 0.1) is 13.8 Å². The highest BCUT2D eigenvalue weighted by Crippen LogP contribution is 2.29. The van der Waals surface area contributed by atoms with Gasteiger partial charge in [-0.25, -0.2) is 0 Å². The van der Waals surface area contributed by atoms with Crippen LogP contribution in [0.15, 0.2) is 16.9 Å². The SMILES string of the molecule is C=CCNC(=O)c1c(S)sc(C)c1C. The van der Waals surface area contributed by atoms with Gasteiger partial charge in [0, 0.05) is 11.4 Å². The number of hydrogen-bond donors (Lipinski definition) is 2. The molecule has 0 radical (unpaired) electrons. The largest absolute Gasteiger partial charge is 0.349 e. The van der Waals surface area contributed by atoms with Crippen molar-refractivity contribution in [1.29, 1.82) is 0 Å². The number of thiophene rings is 1. The van der Waals surface area contributed by atoms with Crippen LogP contribution < -0.4 is 5.32 Å². The number of carbonyl (C=O) groups excluding carboxylic acids is 1. The summed E-state index contributed by atoms with van der Waals surface area (Å²) in [5.41, 5.74) is 1.71. The van der Waals surface area contributed by atoms with Crippen molar-refractivity contribution in [1.82, 2.24) is 5.32 Å². The van der Waals surface area contributed by atoms with Gasteiger partial charge in [0.2, 0.25) is 0 Å². The third kappa shape index (κ3) is 2.19. The van der Waals surface area contributed by atoms with Crippen LogP contribution in [0.1, 0.15) is 20.8 Å². The molecule has 1 heterocycles. The average Bonchev–Trinajstić information content (AvgIpc) is 2.38. The minimum absolute atomic E-state index is 0.0725. The number of aryl methyl sites for hydroxylation is 1. The lowest BCUT2D eigenvalue weighted by atomic mass is 10.1. The molecule has 1 aromatic heterocycles. The van der Waals surface area contributed by atoms with E-state index in [0.717, 1.165) is 14.6 Å². The number of amides is 1. The van der Waals surface area contributed by atoms with Crippen LogP contribution in [0.5, 0.6) is 0 Å². The standard InChI is InChI=1S/C10H13NOS2/c1-4-5-11-9(12)8-6(2)7(3)14-10(8)13/h4,13H,1,5H2,2-3H3,(H,11,12). The van der Waals surface area contributed by atoms with Crippen LogP contribution >= 0.6 is 24.0 Å². The predicted octanol–water partition coefficient (Wildman–Crippen LogP) is 2.57. The molecule has 0 aromatic carbocycles. The molecule has 0 aliphatic rings. The van der Waals surface area contributed by atoms with E-state index >= 15 is 0 Å². The summed E-state index contributed by atoms with van der Waals surface area (Å²) in [6.45, 7) is 7.96. The van der Waals surface area contributed by atoms with Gasteiger partial charge in [-0.1, -0.05) is 6.08 Å². The Kier molecular flexibility index (Phi) is 3.77. The van der Waals surface area contributed by atoms with Crippen molar-refractivity contribution in [2.24, 2.45) is 0 Å². The Balaban J connectivity index is 2.94. The molecule has 0 aliphatic carbocycles. The van der Waals surface area contributed by atoms with Crippen molar-refractivity contribution in [3.8, 4) is 0 Å². The van der Waals surface area contributed by atoms with Crippen molar-refractivity contribution in [3.63, 3.8) is 0 Å². The van der Waals surface area contributed by atoms with Crippen molar-refractivity contribution in [2.75, 3.05) is 6.54 Å². The molecule has 1 rings (SSSR count). The fourth-order valence-electron chi connectivity index (χ4n) is 1.13. The molecule has 1 aromatic rings. The zero-order valence-electron chi connectivity index (χ0n) is 8.26. The first-order valence-corrected chi connectivity index (χ1v) is 5.52. The van der Waals surface area contributed by atoms with Crippen molar-refractivity contribution >= 4 is 29.9 Å². The molecule has 0 fully saturated rings. The Hall–Kier alpha value is -0.740. The minimum Gasteiger partial charge on any atom is -0.349 e. The highest BCUT2D eigenvalue weighted by molar-refractivity contribution is 7.83. The molecule has 0 spiro atoms. The molecule has 1 N–H and O–H groups in total. The second-order valence-electron chi connectivity index (χ2n) is 2.96. The molecule has 0 unspecified atom stereocenters. The first-order chi connectivity index (χ1) is 6.57. The number of carbonyl (C=O) groups is 1. The minimum atomic E-state index is -0.0725. The summed E-state index contributed by atoms with van der Waals surface area (Å²) in [4.78, 5) is 12.8. The zero-order valence-corrected chi connectivity index (χ0v) is 9.97. The Bertz CT molecular complexity index is 368. The first-order valence-electron chi connectivity index (χ1n) is 4.26. The van der Waals surface area contributed by atoms with Crippen LogP contribution in [-0.4, -0.2) is 12.5 Å². The van der Waals surface area contributed by atoms with Gasteiger partial charge in [-0.15, -0.1) is 30.5 Å². The van der Waals surface area contributed by atoms with E-state index in [-0.39, 0.29) is 5.91 Å². The maximum atomic E-state index is 11.7. The molecule has 0 bridgehead atoms. The summed E-state index contributed by atoms with van der Waals surface area (Å²) >= 11 is 5.82. The number of hydrogen-bond acceptors (Lipinski definition) is 3. The Morgan fingerprint density at radius 3 is 2.71 bits per heavy atom. The third-order valence-corrected chi connectivity index (χ3v) is 3.51. The van der Waals surface area contributed by atoms with Gasteiger partial charge in [0.25, 0.3) is 5.91 Å². The highest BCUT2D eigenvalue weighted by atomic mass is 32.2. The summed E-state index contributed by atoms with van der Waals surface area (Å²) in [7, 11) is 0. The van der Waals surface area contributed by atoms with E-state index in [1.165, 1.54) is 11.3 Å². The topological polar surface area (TPSA) is 29.1 Å². The van der Waals surface area contributed by atoms with Crippen LogP contribution in [0.2, 0.25) is 0 Å². The summed E-state index contributed by atoms with van der Waals surface area (Å²) in [5, 5.41) is 2.74. The van der Waals surface area contributed by atoms with Crippen molar-refractivity contribution < 1.29 is 4.79 Å². The lowest BCUT2D eigenvalue weighted by molar-refractivity contribution is 0.0955. The van der Waals surface area contributed by atoms with Crippen molar-refractivity contribution in [2.45, 2.75) is 18.1 Å². The van der Waals surface area contributed by atoms with Crippen molar-refractivity contribution in [3.05, 3.63) is 28.7 Å². The Morgan fingerprint density at radius 1 is 1.64 bits per heavy atom. The van der Waals surface area contributed by atoms with Crippen LogP contribution in [0.4, 0.5) is 0 Å². The quantitative estimate of drug-likeness (QED) is 0.603. The average molecular weight is 227 g/mol. The predicted molar refractivity (Wildman–Crippen MR) is 63.6 cm³/mol. The molecule has 14 heavy (non-hydrogen) atoms. The Labute approximate surface area is 93.4 Å². The lowest BCUT2D eigenvalue weighted by Crippen LogP contribution is -2.23. The van der Waals surface area contributed by atoms with Crippen LogP contribution in [0.25, 0.3) is 0 Å². The fraction of sp³-hybridized carbons (Fsp3) is 0.300. The fourth-order valence-corrected chi connectivity index (χ4v) is 2.70. The van der Waals surface area contributed by atoms with Gasteiger partial charge < -0.3 is 5.32 Å². The molecule has 76 valence electrons. The molecule has 0 atom stereocenters. The summed E-state index contributed by atoms with van der Waals surface area (Å²) in [6, 6.07) is 0. The number of thiol groups is 1. The molecule has 0 aliphatic heterocycles. The van der Waals surface area contributed by atoms with E-state index in [0.29, 0.717) is 12.1 Å². The van der Waals surface area contributed by atoms with E-state index < -0.39 is 0 Å². The molecule has 1 amide bonds. The number of rotatable bonds is 3. The first kappa shape index (κ1) is 11.3. The molecule has 4 heteroatoms. The molecular formula is C10H13NOS2. The van der Waals surface area contributed by atoms with E-state index in [4.69, 9.17) is 0 Å². The van der Waals surface area contributed by atoms with E-state index in [2.05, 4.69) is 24.5 Å². The smallest absolute Gasteiger partial charge is 0.253 e. The van der Waals surface area contributed by atoms with Gasteiger partial charge in [-0.2, -0.15) is 0 Å². The molecule has 2 nitrogen and oxygen atoms in total. The summed E-state index contributed by atoms with van der Waals surface area (Å²) < 4.78 is 0.779. The van der Waals surface area contributed by atoms with Crippen LogP contribution in [-0.2, 0) is 0 Å². The van der Waals surface area contributed by atoms with Gasteiger partial charge in [-0.05, 0) is 19.4 Å². The number of nitrogens with one attached hydrogen (secondary N) is 1. The van der Waals surface area contributed by atoms with Gasteiger partial charge in [0.15, 0.2) is 0 Å². The highest BCUT2D eigenvalue weighted by Gasteiger charge is 2.16. The van der Waals surface area contributed by atoms with Gasteiger partial charge >= 0.3 is 0 Å². The Morgan fingerprint density at radius 2 is 2.29 bits per heavy atom. The van der Waals surface area contributed by atoms with E-state index in [9.17, 15) is 4.79 Å². The lowest BCUT2D eigenvalue weighted by Gasteiger charge is -2.02. The van der Waals surface area contributed by atoms with E-state index in [1.54, 1.807) is 6.08 Å². The maximum absolute atomic E-state index is 11.7. The second-order valence-corrected chi connectivity index (χ2v) is 4.94. The monoisotopic (exact) mass is 227 g/mol.